The molecule has 0 saturated carbocycles. The Morgan fingerprint density at radius 1 is 0.875 bits per heavy atom. The van der Waals surface area contributed by atoms with Crippen molar-refractivity contribution >= 4 is 37.7 Å². The molecule has 0 aliphatic rings. The van der Waals surface area contributed by atoms with Gasteiger partial charge in [-0.2, -0.15) is 0 Å². The van der Waals surface area contributed by atoms with Crippen molar-refractivity contribution in [3.63, 3.8) is 0 Å². The number of hydrogen-bond acceptors (Lipinski definition) is 2. The molecular weight excluding hydrogens is 243 g/mol. The Balaban J connectivity index is -0.000000000635. The minimum atomic E-state index is 0. The molecule has 42 valence electrons. The summed E-state index contributed by atoms with van der Waals surface area (Å²) in [5.41, 5.74) is 0. The molecule has 0 N–H and O–H groups in total. The summed E-state index contributed by atoms with van der Waals surface area (Å²) >= 11 is 0. The van der Waals surface area contributed by atoms with Gasteiger partial charge in [0.15, 0.2) is 0 Å². The molecule has 0 saturated heterocycles. The second-order valence-corrected chi connectivity index (χ2v) is 0. The molecule has 6 heteroatoms. The van der Waals surface area contributed by atoms with Crippen LogP contribution in [0.3, 0.4) is 0 Å². The minimum absolute atomic E-state index is 0. The monoisotopic (exact) mass is 246 g/mol. The molecule has 0 aromatic rings. The Morgan fingerprint density at radius 3 is 0.875 bits per heavy atom. The molecule has 2 nitrogen and oxygen atoms in total. The van der Waals surface area contributed by atoms with Crippen LogP contribution >= 0.6 is 0 Å². The summed E-state index contributed by atoms with van der Waals surface area (Å²) in [6.45, 7) is 9.50. The first-order valence-electron chi connectivity index (χ1n) is 0.447. The van der Waals surface area contributed by atoms with Gasteiger partial charge in [0.25, 0.3) is 0 Å². The molecule has 0 fully saturated rings. The summed E-state index contributed by atoms with van der Waals surface area (Å²) in [5, 5.41) is 12.5. The molecule has 0 bridgehead atoms. The van der Waals surface area contributed by atoms with Gasteiger partial charge in [-0.25, -0.2) is 0 Å². The summed E-state index contributed by atoms with van der Waals surface area (Å²) in [7, 11) is 0. The molecule has 0 rings (SSSR count). The molecular formula is C2H3CaFe2KN2-2. The van der Waals surface area contributed by atoms with Crippen molar-refractivity contribution in [2.45, 2.75) is 0 Å². The topological polar surface area (TPSA) is 47.6 Å². The van der Waals surface area contributed by atoms with Gasteiger partial charge in [-0.1, -0.05) is 0 Å². The van der Waals surface area contributed by atoms with E-state index in [4.69, 9.17) is 23.7 Å². The Hall–Kier alpha value is 2.92. The van der Waals surface area contributed by atoms with Gasteiger partial charge < -0.3 is 27.9 Å². The van der Waals surface area contributed by atoms with E-state index >= 15 is 0 Å². The van der Waals surface area contributed by atoms with Crippen LogP contribution in [0.4, 0.5) is 0 Å². The maximum Gasteiger partial charge on any atom is 2.00 e. The molecule has 0 amide bonds. The van der Waals surface area contributed by atoms with Gasteiger partial charge in [0.1, 0.15) is 0 Å². The molecule has 8 heavy (non-hydrogen) atoms. The van der Waals surface area contributed by atoms with E-state index < -0.39 is 0 Å². The third-order valence-corrected chi connectivity index (χ3v) is 0. The molecule has 0 radical (unpaired) electrons. The third kappa shape index (κ3) is 65.7. The van der Waals surface area contributed by atoms with Gasteiger partial charge in [-0.05, 0) is 0 Å². The average molecular weight is 246 g/mol. The van der Waals surface area contributed by atoms with E-state index in [1.165, 1.54) is 0 Å². The van der Waals surface area contributed by atoms with Crippen LogP contribution in [-0.2, 0) is 34.1 Å². The Morgan fingerprint density at radius 2 is 0.875 bits per heavy atom. The van der Waals surface area contributed by atoms with Crippen molar-refractivity contribution in [1.29, 1.82) is 10.5 Å². The normalized spacial score (nSPS) is 0.500. The van der Waals surface area contributed by atoms with Crippen molar-refractivity contribution in [1.82, 2.24) is 0 Å². The fourth-order valence-electron chi connectivity index (χ4n) is 0. The van der Waals surface area contributed by atoms with Crippen molar-refractivity contribution in [3.8, 4) is 0 Å². The van der Waals surface area contributed by atoms with Gasteiger partial charge in [0, 0.05) is 34.1 Å². The van der Waals surface area contributed by atoms with Crippen LogP contribution in [0, 0.1) is 23.7 Å². The van der Waals surface area contributed by atoms with E-state index in [9.17, 15) is 0 Å². The fourth-order valence-corrected chi connectivity index (χ4v) is 0. The predicted molar refractivity (Wildman–Crippen MR) is 19.0 cm³/mol. The maximum absolute atomic E-state index is 6.25. The van der Waals surface area contributed by atoms with E-state index in [2.05, 4.69) is 0 Å². The maximum atomic E-state index is 6.25. The van der Waals surface area contributed by atoms with Crippen LogP contribution in [-0.4, -0.2) is 37.7 Å². The van der Waals surface area contributed by atoms with Crippen molar-refractivity contribution in [2.24, 2.45) is 0 Å². The fraction of sp³-hybridized carbons (Fsp3) is 0. The SMILES string of the molecule is [C-]#N.[C-]#N.[Ca+2].[Fe].[Fe].[H-].[H-].[H-].[K+]. The molecule has 0 spiro atoms. The summed E-state index contributed by atoms with van der Waals surface area (Å²) in [5.74, 6) is 0. The third-order valence-electron chi connectivity index (χ3n) is 0. The molecule has 0 aromatic heterocycles. The molecule has 0 aliphatic carbocycles. The van der Waals surface area contributed by atoms with E-state index in [0.717, 1.165) is 0 Å². The first-order valence-corrected chi connectivity index (χ1v) is 0.447. The van der Waals surface area contributed by atoms with E-state index in [1.54, 1.807) is 0 Å². The molecule has 0 atom stereocenters. The number of nitrogens with zero attached hydrogens (tertiary/aromatic N) is 2. The number of hydrogen-bond donors (Lipinski definition) is 0. The molecule has 0 unspecified atom stereocenters. The first-order chi connectivity index (χ1) is 2.00. The second kappa shape index (κ2) is 92.7. The predicted octanol–water partition coefficient (Wildman–Crippen LogP) is -2.85. The number of rotatable bonds is 0. The van der Waals surface area contributed by atoms with Gasteiger partial charge in [-0.15, -0.1) is 0 Å². The zero-order valence-electron chi connectivity index (χ0n) is 7.31. The summed E-state index contributed by atoms with van der Waals surface area (Å²) in [6.07, 6.45) is 0. The van der Waals surface area contributed by atoms with Crippen LogP contribution < -0.4 is 51.4 Å². The van der Waals surface area contributed by atoms with Gasteiger partial charge >= 0.3 is 89.1 Å². The van der Waals surface area contributed by atoms with E-state index in [-0.39, 0.29) is 128 Å². The van der Waals surface area contributed by atoms with Crippen LogP contribution in [0.1, 0.15) is 4.28 Å². The Kier molecular flexibility index (Phi) is 515. The van der Waals surface area contributed by atoms with E-state index in [1.807, 2.05) is 0 Å². The summed E-state index contributed by atoms with van der Waals surface area (Å²) in [6, 6.07) is 0. The Bertz CT molecular complexity index is 42.8. The second-order valence-electron chi connectivity index (χ2n) is 0. The standard InChI is InChI=1S/2CN.Ca.2Fe.K.3H/c2*1-2;;;;;;;/q2*-1;+2;;;+1;3*-1. The first kappa shape index (κ1) is 44.4. The van der Waals surface area contributed by atoms with Crippen LogP contribution in [0.15, 0.2) is 0 Å². The zero-order chi connectivity index (χ0) is 4.00. The largest absolute Gasteiger partial charge is 2.00 e. The zero-order valence-corrected chi connectivity index (χ0v) is 11.8. The van der Waals surface area contributed by atoms with E-state index in [0.29, 0.717) is 0 Å². The van der Waals surface area contributed by atoms with Crippen molar-refractivity contribution in [2.75, 3.05) is 0 Å². The van der Waals surface area contributed by atoms with Crippen LogP contribution in [0.2, 0.25) is 0 Å². The van der Waals surface area contributed by atoms with Gasteiger partial charge in [0.2, 0.25) is 0 Å². The smallest absolute Gasteiger partial charge is 1.00 e. The minimum Gasteiger partial charge on any atom is -1.00 e. The van der Waals surface area contributed by atoms with Crippen molar-refractivity contribution < 1.29 is 89.8 Å². The summed E-state index contributed by atoms with van der Waals surface area (Å²) in [4.78, 5) is 0. The molecule has 0 aliphatic heterocycles. The van der Waals surface area contributed by atoms with Crippen LogP contribution in [0.5, 0.6) is 0 Å². The molecule has 0 heterocycles. The molecule has 0 aromatic carbocycles. The van der Waals surface area contributed by atoms with Crippen molar-refractivity contribution in [3.05, 3.63) is 13.1 Å². The van der Waals surface area contributed by atoms with Gasteiger partial charge in [0.05, 0.1) is 0 Å². The average Bonchev–Trinajstić information content (AvgIpc) is 1.50. The Labute approximate surface area is 148 Å². The quantitative estimate of drug-likeness (QED) is 0.341. The van der Waals surface area contributed by atoms with Gasteiger partial charge in [-0.3, -0.25) is 0 Å². The van der Waals surface area contributed by atoms with Crippen LogP contribution in [0.25, 0.3) is 0 Å². The summed E-state index contributed by atoms with van der Waals surface area (Å²) < 4.78 is 0.